The minimum absolute atomic E-state index is 0.00126. The molecule has 0 aliphatic heterocycles. The van der Waals surface area contributed by atoms with E-state index in [9.17, 15) is 21.6 Å². The Balaban J connectivity index is 2.23. The molecular formula is C18H18Br3NO6S2. The van der Waals surface area contributed by atoms with Crippen molar-refractivity contribution in [1.82, 2.24) is 0 Å². The second kappa shape index (κ2) is 8.99. The SMILES string of the molecule is CC(C)(CS(=O)(=O)O)c1cccc(NC(=O)c2ccc(S(=O)(=O)C(Br)(Br)Br)cc2)c1. The normalized spacial score (nSPS) is 13.1. The van der Waals surface area contributed by atoms with Gasteiger partial charge in [-0.2, -0.15) is 8.42 Å². The molecule has 2 aromatic carbocycles. The summed E-state index contributed by atoms with van der Waals surface area (Å²) >= 11 is 8.95. The molecule has 0 aliphatic rings. The largest absolute Gasteiger partial charge is 0.322 e. The lowest BCUT2D eigenvalue weighted by molar-refractivity contribution is 0.102. The number of halogens is 3. The highest BCUT2D eigenvalue weighted by Gasteiger charge is 2.37. The molecule has 0 radical (unpaired) electrons. The smallest absolute Gasteiger partial charge is 0.265 e. The van der Waals surface area contributed by atoms with Gasteiger partial charge in [-0.25, -0.2) is 8.42 Å². The van der Waals surface area contributed by atoms with Crippen LogP contribution in [0.1, 0.15) is 29.8 Å². The number of sulfone groups is 1. The van der Waals surface area contributed by atoms with Gasteiger partial charge >= 0.3 is 0 Å². The summed E-state index contributed by atoms with van der Waals surface area (Å²) in [7, 11) is -7.95. The van der Waals surface area contributed by atoms with Crippen LogP contribution in [-0.2, 0) is 25.4 Å². The first-order valence-electron chi connectivity index (χ1n) is 8.31. The Morgan fingerprint density at radius 1 is 1.00 bits per heavy atom. The lowest BCUT2D eigenvalue weighted by Crippen LogP contribution is -2.28. The Morgan fingerprint density at radius 2 is 1.57 bits per heavy atom. The Kier molecular flexibility index (Phi) is 7.63. The van der Waals surface area contributed by atoms with E-state index in [2.05, 4.69) is 53.1 Å². The van der Waals surface area contributed by atoms with Crippen molar-refractivity contribution < 1.29 is 26.2 Å². The van der Waals surface area contributed by atoms with Crippen molar-refractivity contribution in [2.75, 3.05) is 11.1 Å². The van der Waals surface area contributed by atoms with Crippen LogP contribution in [-0.4, -0.2) is 34.5 Å². The molecule has 0 heterocycles. The van der Waals surface area contributed by atoms with E-state index in [4.69, 9.17) is 4.55 Å². The van der Waals surface area contributed by atoms with Crippen LogP contribution in [0.4, 0.5) is 5.69 Å². The van der Waals surface area contributed by atoms with E-state index in [0.29, 0.717) is 11.3 Å². The number of anilines is 1. The van der Waals surface area contributed by atoms with Crippen LogP contribution in [0.5, 0.6) is 0 Å². The second-order valence-corrected chi connectivity index (χ2v) is 19.0. The van der Waals surface area contributed by atoms with Gasteiger partial charge in [0.25, 0.3) is 16.0 Å². The van der Waals surface area contributed by atoms with E-state index in [1.165, 1.54) is 24.3 Å². The van der Waals surface area contributed by atoms with Gasteiger partial charge in [-0.1, -0.05) is 26.0 Å². The number of carbonyl (C=O) groups is 1. The predicted molar refractivity (Wildman–Crippen MR) is 127 cm³/mol. The molecule has 0 bridgehead atoms. The molecule has 0 atom stereocenters. The summed E-state index contributed by atoms with van der Waals surface area (Å²) in [5, 5.41) is 2.69. The first kappa shape index (κ1) is 25.5. The predicted octanol–water partition coefficient (Wildman–Crippen LogP) is 4.67. The fraction of sp³-hybridized carbons (Fsp3) is 0.278. The van der Waals surface area contributed by atoms with Gasteiger partial charge in [-0.15, -0.1) is 0 Å². The number of rotatable bonds is 6. The van der Waals surface area contributed by atoms with Gasteiger partial charge in [0.15, 0.2) is 0 Å². The number of alkyl halides is 3. The van der Waals surface area contributed by atoms with Crippen molar-refractivity contribution in [3.05, 3.63) is 59.7 Å². The minimum atomic E-state index is -4.18. The Hall–Kier alpha value is -0.790. The van der Waals surface area contributed by atoms with Crippen LogP contribution >= 0.6 is 47.8 Å². The molecule has 0 saturated carbocycles. The maximum Gasteiger partial charge on any atom is 0.265 e. The third-order valence-corrected chi connectivity index (χ3v) is 10.6. The van der Waals surface area contributed by atoms with Crippen LogP contribution in [0.15, 0.2) is 53.4 Å². The first-order chi connectivity index (χ1) is 13.5. The quantitative estimate of drug-likeness (QED) is 0.348. The van der Waals surface area contributed by atoms with Gasteiger partial charge in [-0.05, 0) is 89.8 Å². The van der Waals surface area contributed by atoms with Gasteiger partial charge in [0.1, 0.15) is 0 Å². The van der Waals surface area contributed by atoms with E-state index < -0.39 is 38.5 Å². The van der Waals surface area contributed by atoms with Crippen LogP contribution in [0.2, 0.25) is 0 Å². The van der Waals surface area contributed by atoms with E-state index >= 15 is 0 Å². The molecule has 7 nitrogen and oxygen atoms in total. The molecule has 164 valence electrons. The highest BCUT2D eigenvalue weighted by atomic mass is 80.0. The maximum absolute atomic E-state index is 12.5. The van der Waals surface area contributed by atoms with Gasteiger partial charge in [0.05, 0.1) is 10.6 Å². The summed E-state index contributed by atoms with van der Waals surface area (Å²) in [6.45, 7) is 3.33. The number of hydrogen-bond acceptors (Lipinski definition) is 5. The third-order valence-electron chi connectivity index (χ3n) is 4.18. The minimum Gasteiger partial charge on any atom is -0.322 e. The molecular weight excluding hydrogens is 630 g/mol. The summed E-state index contributed by atoms with van der Waals surface area (Å²) in [4.78, 5) is 12.5. The summed E-state index contributed by atoms with van der Waals surface area (Å²) < 4.78 is 54.9. The van der Waals surface area contributed by atoms with E-state index in [1.54, 1.807) is 38.1 Å². The standard InChI is InChI=1S/C18H18Br3NO6S2/c1-17(2,11-29(24,25)26)13-4-3-5-14(10-13)22-16(23)12-6-8-15(9-7-12)30(27,28)18(19,20)21/h3-10H,11H2,1-2H3,(H,22,23)(H,24,25,26). The van der Waals surface area contributed by atoms with Gasteiger partial charge < -0.3 is 5.32 Å². The molecule has 0 aliphatic carbocycles. The lowest BCUT2D eigenvalue weighted by atomic mass is 9.86. The molecule has 0 aromatic heterocycles. The molecule has 12 heteroatoms. The highest BCUT2D eigenvalue weighted by Crippen LogP contribution is 2.43. The Morgan fingerprint density at radius 3 is 2.07 bits per heavy atom. The maximum atomic E-state index is 12.5. The van der Waals surface area contributed by atoms with Crippen molar-refractivity contribution >= 4 is 79.3 Å². The number of amides is 1. The fourth-order valence-electron chi connectivity index (χ4n) is 2.68. The molecule has 30 heavy (non-hydrogen) atoms. The number of benzene rings is 2. The zero-order valence-electron chi connectivity index (χ0n) is 15.8. The second-order valence-electron chi connectivity index (χ2n) is 7.12. The van der Waals surface area contributed by atoms with Crippen molar-refractivity contribution in [2.24, 2.45) is 0 Å². The van der Waals surface area contributed by atoms with Crippen LogP contribution in [0.25, 0.3) is 0 Å². The lowest BCUT2D eigenvalue weighted by Gasteiger charge is -2.24. The molecule has 2 aromatic rings. The van der Waals surface area contributed by atoms with E-state index in [-0.39, 0.29) is 10.5 Å². The van der Waals surface area contributed by atoms with Crippen molar-refractivity contribution in [2.45, 2.75) is 25.6 Å². The van der Waals surface area contributed by atoms with Gasteiger partial charge in [0.2, 0.25) is 11.3 Å². The number of carbonyl (C=O) groups excluding carboxylic acids is 1. The first-order valence-corrected chi connectivity index (χ1v) is 13.8. The average Bonchev–Trinajstić information content (AvgIpc) is 2.59. The third kappa shape index (κ3) is 6.36. The molecule has 0 unspecified atom stereocenters. The summed E-state index contributed by atoms with van der Waals surface area (Å²) in [5.41, 5.74) is 0.402. The summed E-state index contributed by atoms with van der Waals surface area (Å²) in [6, 6.07) is 12.0. The van der Waals surface area contributed by atoms with Crippen LogP contribution in [0, 0.1) is 0 Å². The Labute approximate surface area is 200 Å². The van der Waals surface area contributed by atoms with Crippen LogP contribution < -0.4 is 5.32 Å². The van der Waals surface area contributed by atoms with E-state index in [0.717, 1.165) is 0 Å². The van der Waals surface area contributed by atoms with Crippen LogP contribution in [0.3, 0.4) is 0 Å². The van der Waals surface area contributed by atoms with Crippen molar-refractivity contribution in [3.8, 4) is 0 Å². The summed E-state index contributed by atoms with van der Waals surface area (Å²) in [5.74, 6) is -0.935. The zero-order valence-corrected chi connectivity index (χ0v) is 22.2. The summed E-state index contributed by atoms with van der Waals surface area (Å²) in [6.07, 6.45) is 0. The molecule has 0 fully saturated rings. The topological polar surface area (TPSA) is 118 Å². The number of nitrogens with one attached hydrogen (secondary N) is 1. The molecule has 0 spiro atoms. The van der Waals surface area contributed by atoms with Crippen molar-refractivity contribution in [1.29, 1.82) is 0 Å². The number of hydrogen-bond donors (Lipinski definition) is 2. The average molecular weight is 648 g/mol. The van der Waals surface area contributed by atoms with E-state index in [1.807, 2.05) is 0 Å². The highest BCUT2D eigenvalue weighted by molar-refractivity contribution is 9.42. The Bertz CT molecular complexity index is 1160. The molecule has 1 amide bonds. The fourth-order valence-corrected chi connectivity index (χ4v) is 6.20. The molecule has 0 saturated heterocycles. The van der Waals surface area contributed by atoms with Gasteiger partial charge in [0, 0.05) is 16.7 Å². The van der Waals surface area contributed by atoms with Crippen molar-refractivity contribution in [3.63, 3.8) is 0 Å². The van der Waals surface area contributed by atoms with Gasteiger partial charge in [-0.3, -0.25) is 9.35 Å². The monoisotopic (exact) mass is 645 g/mol. The molecule has 2 N–H and O–H groups in total. The zero-order chi connectivity index (χ0) is 23.0. The molecule has 2 rings (SSSR count).